The largest absolute Gasteiger partial charge is 0.483 e. The quantitative estimate of drug-likeness (QED) is 0.696. The van der Waals surface area contributed by atoms with E-state index in [4.69, 9.17) is 14.6 Å². The molecular formula is C12H24N2O4. The van der Waals surface area contributed by atoms with Crippen LogP contribution in [-0.4, -0.2) is 61.8 Å². The highest BCUT2D eigenvalue weighted by Gasteiger charge is 2.19. The number of hydrogen-bond acceptors (Lipinski definition) is 4. The molecule has 1 rings (SSSR count). The van der Waals surface area contributed by atoms with E-state index in [2.05, 4.69) is 10.2 Å². The van der Waals surface area contributed by atoms with Crippen LogP contribution in [0, 0.1) is 0 Å². The second-order valence-corrected chi connectivity index (χ2v) is 4.14. The van der Waals surface area contributed by atoms with Crippen LogP contribution in [-0.2, 0) is 14.3 Å². The normalized spacial score (nSPS) is 16.6. The third kappa shape index (κ3) is 8.03. The zero-order chi connectivity index (χ0) is 13.8. The maximum absolute atomic E-state index is 11.2. The smallest absolute Gasteiger partial charge is 0.290 e. The van der Waals surface area contributed by atoms with Crippen LogP contribution in [0.4, 0.5) is 0 Å². The van der Waals surface area contributed by atoms with Gasteiger partial charge in [-0.2, -0.15) is 0 Å². The Morgan fingerprint density at radius 2 is 2.06 bits per heavy atom. The lowest BCUT2D eigenvalue weighted by Crippen LogP contribution is -2.45. The van der Waals surface area contributed by atoms with Crippen molar-refractivity contribution in [3.05, 3.63) is 0 Å². The lowest BCUT2D eigenvalue weighted by molar-refractivity contribution is -0.123. The van der Waals surface area contributed by atoms with Gasteiger partial charge < -0.3 is 20.1 Å². The van der Waals surface area contributed by atoms with E-state index < -0.39 is 0 Å². The highest BCUT2D eigenvalue weighted by molar-refractivity contribution is 5.75. The van der Waals surface area contributed by atoms with Crippen LogP contribution < -0.4 is 5.32 Å². The van der Waals surface area contributed by atoms with E-state index >= 15 is 0 Å². The van der Waals surface area contributed by atoms with Gasteiger partial charge in [0.1, 0.15) is 0 Å². The Labute approximate surface area is 108 Å². The second-order valence-electron chi connectivity index (χ2n) is 4.14. The number of nitrogens with one attached hydrogen (secondary N) is 1. The highest BCUT2D eigenvalue weighted by atomic mass is 16.5. The molecule has 1 saturated heterocycles. The average Bonchev–Trinajstić information content (AvgIpc) is 2.39. The van der Waals surface area contributed by atoms with Gasteiger partial charge >= 0.3 is 0 Å². The van der Waals surface area contributed by atoms with Crippen LogP contribution in [0.15, 0.2) is 0 Å². The predicted octanol–water partition coefficient (Wildman–Crippen LogP) is 0.324. The number of carbonyl (C=O) groups excluding carboxylic acids is 1. The summed E-state index contributed by atoms with van der Waals surface area (Å²) < 4.78 is 5.04. The molecule has 0 aromatic heterocycles. The number of carbonyl (C=O) groups is 2. The van der Waals surface area contributed by atoms with Gasteiger partial charge in [-0.3, -0.25) is 9.59 Å². The zero-order valence-electron chi connectivity index (χ0n) is 11.2. The molecule has 0 atom stereocenters. The Hall–Kier alpha value is -1.14. The molecule has 0 aliphatic carbocycles. The molecule has 1 fully saturated rings. The van der Waals surface area contributed by atoms with Crippen molar-refractivity contribution in [2.24, 2.45) is 0 Å². The van der Waals surface area contributed by atoms with E-state index in [-0.39, 0.29) is 12.4 Å². The zero-order valence-corrected chi connectivity index (χ0v) is 11.2. The summed E-state index contributed by atoms with van der Waals surface area (Å²) in [6, 6.07) is 0.385. The Bertz CT molecular complexity index is 228. The highest BCUT2D eigenvalue weighted by Crippen LogP contribution is 2.09. The molecule has 0 saturated carbocycles. The van der Waals surface area contributed by atoms with Crippen molar-refractivity contribution in [3.63, 3.8) is 0 Å². The summed E-state index contributed by atoms with van der Waals surface area (Å²) in [5.41, 5.74) is 0. The van der Waals surface area contributed by atoms with Crippen molar-refractivity contribution in [2.75, 3.05) is 33.4 Å². The monoisotopic (exact) mass is 260 g/mol. The van der Waals surface area contributed by atoms with Crippen molar-refractivity contribution in [1.82, 2.24) is 10.2 Å². The first-order chi connectivity index (χ1) is 8.67. The predicted molar refractivity (Wildman–Crippen MR) is 68.5 cm³/mol. The van der Waals surface area contributed by atoms with Gasteiger partial charge in [0.15, 0.2) is 0 Å². The van der Waals surface area contributed by atoms with Crippen molar-refractivity contribution in [3.8, 4) is 0 Å². The van der Waals surface area contributed by atoms with Crippen molar-refractivity contribution < 1.29 is 19.4 Å². The first-order valence-corrected chi connectivity index (χ1v) is 6.26. The minimum Gasteiger partial charge on any atom is -0.483 e. The number of likely N-dealkylation sites (tertiary alicyclic amines) is 1. The molecule has 106 valence electrons. The molecule has 6 nitrogen and oxygen atoms in total. The van der Waals surface area contributed by atoms with Crippen molar-refractivity contribution in [2.45, 2.75) is 32.2 Å². The van der Waals surface area contributed by atoms with Gasteiger partial charge in [-0.15, -0.1) is 0 Å². The molecule has 0 aromatic rings. The van der Waals surface area contributed by atoms with Crippen LogP contribution >= 0.6 is 0 Å². The number of ether oxygens (including phenoxy) is 1. The molecule has 18 heavy (non-hydrogen) atoms. The Morgan fingerprint density at radius 1 is 1.50 bits per heavy atom. The summed E-state index contributed by atoms with van der Waals surface area (Å²) in [5, 5.41) is 9.94. The number of rotatable bonds is 5. The minimum absolute atomic E-state index is 0.172. The van der Waals surface area contributed by atoms with Gasteiger partial charge in [-0.25, -0.2) is 0 Å². The summed E-state index contributed by atoms with van der Waals surface area (Å²) >= 11 is 0. The number of nitrogens with zero attached hydrogens (tertiary/aromatic N) is 1. The molecule has 1 aliphatic heterocycles. The summed E-state index contributed by atoms with van der Waals surface area (Å²) in [7, 11) is 1.73. The van der Waals surface area contributed by atoms with E-state index in [1.165, 1.54) is 0 Å². The fourth-order valence-electron chi connectivity index (χ4n) is 1.85. The third-order valence-electron chi connectivity index (χ3n) is 2.89. The molecule has 1 heterocycles. The Morgan fingerprint density at radius 3 is 2.50 bits per heavy atom. The maximum Gasteiger partial charge on any atom is 0.290 e. The standard InChI is InChI=1S/C11H22N2O2.CH2O2/c1-3-11(14)12-10-4-6-13(7-5-10)8-9-15-2;2-1-3/h10H,3-9H2,1-2H3,(H,12,14);1H,(H,2,3). The van der Waals surface area contributed by atoms with Gasteiger partial charge in [-0.1, -0.05) is 6.92 Å². The third-order valence-corrected chi connectivity index (χ3v) is 2.89. The van der Waals surface area contributed by atoms with E-state index in [1.54, 1.807) is 7.11 Å². The topological polar surface area (TPSA) is 78.9 Å². The number of amides is 1. The molecule has 0 radical (unpaired) electrons. The molecule has 6 heteroatoms. The van der Waals surface area contributed by atoms with Gasteiger partial charge in [0.2, 0.25) is 5.91 Å². The fourth-order valence-corrected chi connectivity index (χ4v) is 1.85. The van der Waals surface area contributed by atoms with Gasteiger partial charge in [0, 0.05) is 39.2 Å². The molecule has 1 amide bonds. The molecule has 0 spiro atoms. The maximum atomic E-state index is 11.2. The molecule has 0 unspecified atom stereocenters. The van der Waals surface area contributed by atoms with Gasteiger partial charge in [-0.05, 0) is 12.8 Å². The van der Waals surface area contributed by atoms with E-state index in [0.29, 0.717) is 12.5 Å². The van der Waals surface area contributed by atoms with Crippen molar-refractivity contribution >= 4 is 12.4 Å². The SMILES string of the molecule is CCC(=O)NC1CCN(CCOC)CC1.O=CO. The molecule has 1 aliphatic rings. The van der Waals surface area contributed by atoms with Crippen LogP contribution in [0.25, 0.3) is 0 Å². The molecule has 0 bridgehead atoms. The van der Waals surface area contributed by atoms with E-state index in [9.17, 15) is 4.79 Å². The number of carboxylic acid groups (broad SMARTS) is 1. The summed E-state index contributed by atoms with van der Waals surface area (Å²) in [4.78, 5) is 21.9. The van der Waals surface area contributed by atoms with Gasteiger partial charge in [0.25, 0.3) is 6.47 Å². The number of methoxy groups -OCH3 is 1. The Kier molecular flexibility index (Phi) is 10.3. The fraction of sp³-hybridized carbons (Fsp3) is 0.833. The summed E-state index contributed by atoms with van der Waals surface area (Å²) in [6.45, 7) is 5.58. The first-order valence-electron chi connectivity index (χ1n) is 6.26. The molecular weight excluding hydrogens is 236 g/mol. The van der Waals surface area contributed by atoms with Crippen LogP contribution in [0.3, 0.4) is 0 Å². The van der Waals surface area contributed by atoms with Crippen molar-refractivity contribution in [1.29, 1.82) is 0 Å². The van der Waals surface area contributed by atoms with E-state index in [1.807, 2.05) is 6.92 Å². The van der Waals surface area contributed by atoms with Crippen LogP contribution in [0.2, 0.25) is 0 Å². The summed E-state index contributed by atoms with van der Waals surface area (Å²) in [6.07, 6.45) is 2.72. The minimum atomic E-state index is -0.250. The summed E-state index contributed by atoms with van der Waals surface area (Å²) in [5.74, 6) is 0.172. The lowest BCUT2D eigenvalue weighted by atomic mass is 10.1. The number of hydrogen-bond donors (Lipinski definition) is 2. The van der Waals surface area contributed by atoms with E-state index in [0.717, 1.165) is 39.1 Å². The van der Waals surface area contributed by atoms with Crippen LogP contribution in [0.1, 0.15) is 26.2 Å². The Balaban J connectivity index is 0.000000873. The van der Waals surface area contributed by atoms with Crippen LogP contribution in [0.5, 0.6) is 0 Å². The molecule has 0 aromatic carbocycles. The average molecular weight is 260 g/mol. The first kappa shape index (κ1) is 16.9. The lowest BCUT2D eigenvalue weighted by Gasteiger charge is -2.32. The number of piperidine rings is 1. The van der Waals surface area contributed by atoms with Gasteiger partial charge in [0.05, 0.1) is 6.61 Å². The molecule has 2 N–H and O–H groups in total. The second kappa shape index (κ2) is 11.0.